The molecule has 0 saturated heterocycles. The summed E-state index contributed by atoms with van der Waals surface area (Å²) < 4.78 is 5.49. The first kappa shape index (κ1) is 56.9. The van der Waals surface area contributed by atoms with Gasteiger partial charge in [0, 0.05) is 97.9 Å². The van der Waals surface area contributed by atoms with E-state index >= 15 is 19.2 Å². The summed E-state index contributed by atoms with van der Waals surface area (Å²) >= 11 is 3.38. The fourth-order valence-electron chi connectivity index (χ4n) is 15.1. The molecular weight excluding hydrogens is 1020 g/mol. The fraction of sp³-hybridized carbons (Fsp3) is 0.556. The summed E-state index contributed by atoms with van der Waals surface area (Å²) in [4.78, 5) is 62.0. The van der Waals surface area contributed by atoms with E-state index in [1.54, 1.807) is 31.8 Å². The molecule has 11 aromatic rings. The van der Waals surface area contributed by atoms with Gasteiger partial charge in [-0.3, -0.25) is 28.3 Å². The number of nitrogens with zero attached hydrogens (tertiary/aromatic N) is 2. The summed E-state index contributed by atoms with van der Waals surface area (Å²) in [7, 11) is 0. The third-order valence-electron chi connectivity index (χ3n) is 19.4. The van der Waals surface area contributed by atoms with Gasteiger partial charge in [0.05, 0.1) is 0 Å². The van der Waals surface area contributed by atoms with Crippen molar-refractivity contribution in [3.8, 4) is 0 Å². The molecule has 0 spiro atoms. The summed E-state index contributed by atoms with van der Waals surface area (Å²) in [5, 5.41) is 20.7. The molecule has 0 aliphatic heterocycles. The molecule has 0 aliphatic carbocycles. The molecule has 4 aromatic heterocycles. The monoisotopic (exact) mass is 1110 g/mol. The van der Waals surface area contributed by atoms with Crippen molar-refractivity contribution >= 4 is 129 Å². The Hall–Kier alpha value is -4.92. The minimum Gasteiger partial charge on any atom is -0.274 e. The molecule has 0 N–H and O–H groups in total. The van der Waals surface area contributed by atoms with Crippen LogP contribution in [0.1, 0.15) is 233 Å². The predicted molar refractivity (Wildman–Crippen MR) is 352 cm³/mol. The first-order valence-corrected chi connectivity index (χ1v) is 34.3. The molecule has 0 saturated carbocycles. The topological polar surface area (TPSA) is 78.1 Å². The Morgan fingerprint density at radius 3 is 0.863 bits per heavy atom. The molecular formula is C72H90N2O4S2. The van der Waals surface area contributed by atoms with Crippen LogP contribution in [0.2, 0.25) is 0 Å². The molecule has 4 heterocycles. The van der Waals surface area contributed by atoms with E-state index in [1.807, 2.05) is 0 Å². The Balaban J connectivity index is 1.05. The van der Waals surface area contributed by atoms with Gasteiger partial charge in [0.1, 0.15) is 0 Å². The van der Waals surface area contributed by atoms with Gasteiger partial charge in [-0.25, -0.2) is 0 Å². The Bertz CT molecular complexity index is 3580. The maximum atomic E-state index is 15.5. The third kappa shape index (κ3) is 10.8. The van der Waals surface area contributed by atoms with Crippen molar-refractivity contribution in [2.75, 3.05) is 0 Å². The molecule has 11 rings (SSSR count). The first-order valence-electron chi connectivity index (χ1n) is 32.6. The highest BCUT2D eigenvalue weighted by Gasteiger charge is 2.31. The molecule has 424 valence electrons. The number of thiophene rings is 2. The average Bonchev–Trinajstić information content (AvgIpc) is 4.36. The third-order valence-corrected chi connectivity index (χ3v) is 21.3. The molecule has 7 aromatic carbocycles. The Morgan fingerprint density at radius 1 is 0.300 bits per heavy atom. The van der Waals surface area contributed by atoms with E-state index in [-0.39, 0.29) is 34.1 Å². The van der Waals surface area contributed by atoms with Crippen molar-refractivity contribution in [2.24, 2.45) is 11.8 Å². The van der Waals surface area contributed by atoms with Crippen LogP contribution in [0.5, 0.6) is 0 Å². The number of pyridine rings is 2. The predicted octanol–water partition coefficient (Wildman–Crippen LogP) is 21.4. The molecule has 80 heavy (non-hydrogen) atoms. The maximum absolute atomic E-state index is 15.5. The summed E-state index contributed by atoms with van der Waals surface area (Å²) in [5.74, 6) is 0.512. The molecule has 6 nitrogen and oxygen atoms in total. The summed E-state index contributed by atoms with van der Waals surface area (Å²) in [6.45, 7) is 9.99. The molecule has 0 bridgehead atoms. The van der Waals surface area contributed by atoms with Crippen LogP contribution in [0.15, 0.2) is 66.3 Å². The standard InChI is InChI=1S/C72H90N2O4S2/c1-5-9-13-17-21-23-27-31-35-47(33-29-25-19-15-11-7-3)45-73-69(75)55-41-51-49-37-39-80-68(49)54-44-58-60-56(70(76)74(72(58)78)46-48(34-30-26-20-16-12-8-4)36-32-28-24-22-18-14-10-6-2)42-52-50-38-40-79-67(50)53-43-57(71(73)77)59(55)65-61(51)64(54)66(60)62(52)63(53)65/h37-44,47-48H,5-36,45-46H2,1-4H3. The van der Waals surface area contributed by atoms with Gasteiger partial charge in [0.15, 0.2) is 0 Å². The maximum Gasteiger partial charge on any atom is 0.261 e. The van der Waals surface area contributed by atoms with Crippen molar-refractivity contribution in [3.05, 3.63) is 88.6 Å². The smallest absolute Gasteiger partial charge is 0.261 e. The van der Waals surface area contributed by atoms with Crippen LogP contribution in [0.25, 0.3) is 106 Å². The number of fused-ring (bicyclic) bond motifs is 6. The molecule has 8 heteroatoms. The van der Waals surface area contributed by atoms with Gasteiger partial charge in [-0.15, -0.1) is 22.7 Å². The lowest BCUT2D eigenvalue weighted by Crippen LogP contribution is -2.36. The molecule has 2 atom stereocenters. The SMILES string of the molecule is CCCCCCCCCCC(CCCCCCCC)Cn1c(=O)c2cc3c4ccsc4c4cc5c(=O)n(CC(CCCCCCCC)CCCCCCCCCC)c(=O)c6cc7c8ccsc8c8cc(c1=O)c2c1c3c4c(c65)c7c81. The van der Waals surface area contributed by atoms with Crippen molar-refractivity contribution in [2.45, 2.75) is 246 Å². The molecule has 0 fully saturated rings. The number of hydrogen-bond donors (Lipinski definition) is 0. The Kier molecular flexibility index (Phi) is 18.6. The molecule has 0 amide bonds. The van der Waals surface area contributed by atoms with Gasteiger partial charge >= 0.3 is 0 Å². The zero-order valence-corrected chi connectivity index (χ0v) is 50.8. The number of unbranched alkanes of at least 4 members (excludes halogenated alkanes) is 24. The van der Waals surface area contributed by atoms with Crippen LogP contribution in [0.4, 0.5) is 0 Å². The second-order valence-electron chi connectivity index (χ2n) is 25.0. The van der Waals surface area contributed by atoms with Gasteiger partial charge in [0.2, 0.25) is 0 Å². The van der Waals surface area contributed by atoms with Crippen LogP contribution in [-0.4, -0.2) is 9.13 Å². The lowest BCUT2D eigenvalue weighted by molar-refractivity contribution is 0.350. The normalized spacial score (nSPS) is 13.6. The van der Waals surface area contributed by atoms with Crippen molar-refractivity contribution in [3.63, 3.8) is 0 Å². The van der Waals surface area contributed by atoms with Crippen LogP contribution >= 0.6 is 22.7 Å². The Labute approximate surface area is 482 Å². The lowest BCUT2D eigenvalue weighted by Gasteiger charge is -2.25. The largest absolute Gasteiger partial charge is 0.274 e. The number of aromatic nitrogens is 2. The lowest BCUT2D eigenvalue weighted by atomic mass is 9.79. The van der Waals surface area contributed by atoms with Crippen LogP contribution < -0.4 is 22.2 Å². The highest BCUT2D eigenvalue weighted by molar-refractivity contribution is 7.19. The van der Waals surface area contributed by atoms with Gasteiger partial charge in [-0.05, 0) is 106 Å². The molecule has 0 aliphatic rings. The highest BCUT2D eigenvalue weighted by Crippen LogP contribution is 2.56. The quantitative estimate of drug-likeness (QED) is 0.0223. The summed E-state index contributed by atoms with van der Waals surface area (Å²) in [6.07, 6.45) is 39.0. The van der Waals surface area contributed by atoms with Gasteiger partial charge in [0.25, 0.3) is 22.2 Å². The van der Waals surface area contributed by atoms with Crippen molar-refractivity contribution < 1.29 is 0 Å². The number of benzene rings is 7. The van der Waals surface area contributed by atoms with E-state index in [1.165, 1.54) is 154 Å². The number of hydrogen-bond acceptors (Lipinski definition) is 6. The van der Waals surface area contributed by atoms with E-state index in [2.05, 4.69) is 74.9 Å². The van der Waals surface area contributed by atoms with Gasteiger partial charge in [-0.1, -0.05) is 207 Å². The highest BCUT2D eigenvalue weighted by atomic mass is 32.1. The zero-order valence-electron chi connectivity index (χ0n) is 49.2. The fourth-order valence-corrected chi connectivity index (χ4v) is 16.9. The molecule has 0 radical (unpaired) electrons. The average molecular weight is 1110 g/mol. The van der Waals surface area contributed by atoms with Crippen molar-refractivity contribution in [1.82, 2.24) is 9.13 Å². The van der Waals surface area contributed by atoms with Crippen LogP contribution in [0.3, 0.4) is 0 Å². The minimum atomic E-state index is -0.172. The van der Waals surface area contributed by atoms with E-state index in [4.69, 9.17) is 0 Å². The number of rotatable bonds is 36. The zero-order chi connectivity index (χ0) is 55.3. The van der Waals surface area contributed by atoms with Crippen LogP contribution in [0, 0.1) is 11.8 Å². The van der Waals surface area contributed by atoms with E-state index in [0.717, 1.165) is 136 Å². The van der Waals surface area contributed by atoms with E-state index in [0.29, 0.717) is 34.6 Å². The van der Waals surface area contributed by atoms with E-state index < -0.39 is 0 Å². The first-order chi connectivity index (χ1) is 39.3. The van der Waals surface area contributed by atoms with Gasteiger partial charge in [-0.2, -0.15) is 0 Å². The summed E-state index contributed by atoms with van der Waals surface area (Å²) in [5.41, 5.74) is -0.687. The summed E-state index contributed by atoms with van der Waals surface area (Å²) in [6, 6.07) is 12.9. The van der Waals surface area contributed by atoms with Crippen molar-refractivity contribution in [1.29, 1.82) is 0 Å². The molecule has 2 unspecified atom stereocenters. The second kappa shape index (κ2) is 26.1. The van der Waals surface area contributed by atoms with E-state index in [9.17, 15) is 0 Å². The Morgan fingerprint density at radius 2 is 0.562 bits per heavy atom. The van der Waals surface area contributed by atoms with Crippen LogP contribution in [-0.2, 0) is 13.1 Å². The van der Waals surface area contributed by atoms with Gasteiger partial charge < -0.3 is 0 Å². The minimum absolute atomic E-state index is 0.171. The second-order valence-corrected chi connectivity index (χ2v) is 26.9.